The number of piperidine rings is 1. The first-order valence-corrected chi connectivity index (χ1v) is 15.1. The summed E-state index contributed by atoms with van der Waals surface area (Å²) in [4.78, 5) is 17.8. The average molecular weight is 471 g/mol. The molecule has 2 heterocycles. The van der Waals surface area contributed by atoms with Crippen molar-refractivity contribution >= 4 is 5.97 Å². The first-order valence-electron chi connectivity index (χ1n) is 15.1. The molecule has 9 atom stereocenters. The molecule has 4 aliphatic carbocycles. The van der Waals surface area contributed by atoms with E-state index in [0.29, 0.717) is 11.5 Å². The number of ether oxygens (including phenoxy) is 1. The second-order valence-electron chi connectivity index (χ2n) is 13.8. The highest BCUT2D eigenvalue weighted by molar-refractivity contribution is 5.66. The van der Waals surface area contributed by atoms with E-state index in [9.17, 15) is 4.79 Å². The van der Waals surface area contributed by atoms with Crippen LogP contribution in [0.4, 0.5) is 0 Å². The van der Waals surface area contributed by atoms with Gasteiger partial charge >= 0.3 is 5.97 Å². The molecule has 6 aliphatic rings. The van der Waals surface area contributed by atoms with E-state index in [2.05, 4.69) is 23.6 Å². The van der Waals surface area contributed by atoms with Crippen LogP contribution in [0.3, 0.4) is 0 Å². The summed E-state index contributed by atoms with van der Waals surface area (Å²) >= 11 is 0. The Morgan fingerprint density at radius 2 is 1.44 bits per heavy atom. The third-order valence-electron chi connectivity index (χ3n) is 12.4. The van der Waals surface area contributed by atoms with Crippen LogP contribution in [0.25, 0.3) is 0 Å². The molecule has 0 spiro atoms. The normalized spacial score (nSPS) is 49.8. The van der Waals surface area contributed by atoms with Gasteiger partial charge in [0.05, 0.1) is 0 Å². The first kappa shape index (κ1) is 23.8. The Morgan fingerprint density at radius 3 is 2.18 bits per heavy atom. The Hall–Kier alpha value is -0.610. The highest BCUT2D eigenvalue weighted by Gasteiger charge is 2.64. The van der Waals surface area contributed by atoms with E-state index in [-0.39, 0.29) is 17.5 Å². The predicted molar refractivity (Wildman–Crippen MR) is 136 cm³/mol. The molecule has 0 aromatic rings. The van der Waals surface area contributed by atoms with Gasteiger partial charge in [-0.2, -0.15) is 0 Å². The molecule has 0 unspecified atom stereocenters. The van der Waals surface area contributed by atoms with Crippen LogP contribution in [-0.4, -0.2) is 60.1 Å². The Morgan fingerprint density at radius 1 is 0.765 bits per heavy atom. The highest BCUT2D eigenvalue weighted by atomic mass is 16.5. The lowest BCUT2D eigenvalue weighted by atomic mass is 9.45. The van der Waals surface area contributed by atoms with Gasteiger partial charge in [0.15, 0.2) is 0 Å². The molecule has 0 N–H and O–H groups in total. The van der Waals surface area contributed by atoms with Crippen LogP contribution in [-0.2, 0) is 9.53 Å². The standard InChI is InChI=1S/C30H50N2O2/c1-21(33)34-28-27(32-17-5-4-6-18-32)20-26-24-10-9-22-19-23(31-15-7-8-16-31)11-13-29(22,2)25(24)12-14-30(26,28)3/h22-28H,4-20H2,1-3H3/t22-,23-,24+,25-,26-,27-,28-,29-,30-/m0/s1. The summed E-state index contributed by atoms with van der Waals surface area (Å²) in [6.45, 7) is 12.0. The summed E-state index contributed by atoms with van der Waals surface area (Å²) in [7, 11) is 0. The van der Waals surface area contributed by atoms with E-state index in [1.165, 1.54) is 110 Å². The van der Waals surface area contributed by atoms with Gasteiger partial charge in [0.25, 0.3) is 0 Å². The van der Waals surface area contributed by atoms with Gasteiger partial charge in [0.2, 0.25) is 0 Å². The third-order valence-corrected chi connectivity index (χ3v) is 12.4. The largest absolute Gasteiger partial charge is 0.460 e. The summed E-state index contributed by atoms with van der Waals surface area (Å²) in [5.74, 6) is 3.34. The van der Waals surface area contributed by atoms with Crippen molar-refractivity contribution in [3.63, 3.8) is 0 Å². The number of esters is 1. The molecule has 6 fully saturated rings. The SMILES string of the molecule is CC(=O)O[C@H]1[C@@H](N2CCCCC2)C[C@H]2[C@@H]3CC[C@H]4C[C@@H](N5CCCC5)CC[C@]4(C)[C@H]3CC[C@@]21C. The molecule has 4 heteroatoms. The Labute approximate surface area is 208 Å². The molecule has 2 saturated heterocycles. The lowest BCUT2D eigenvalue weighted by Crippen LogP contribution is -2.56. The number of fused-ring (bicyclic) bond motifs is 5. The van der Waals surface area contributed by atoms with E-state index in [4.69, 9.17) is 4.74 Å². The third kappa shape index (κ3) is 3.80. The van der Waals surface area contributed by atoms with Crippen molar-refractivity contribution in [2.45, 2.75) is 122 Å². The molecule has 0 aromatic heterocycles. The zero-order chi connectivity index (χ0) is 23.5. The maximum Gasteiger partial charge on any atom is 0.302 e. The lowest BCUT2D eigenvalue weighted by molar-refractivity contribution is -0.166. The number of carbonyl (C=O) groups excluding carboxylic acids is 1. The zero-order valence-corrected chi connectivity index (χ0v) is 22.3. The van der Waals surface area contributed by atoms with Crippen LogP contribution in [0.5, 0.6) is 0 Å². The molecule has 0 aromatic carbocycles. The molecule has 192 valence electrons. The number of nitrogens with zero attached hydrogens (tertiary/aromatic N) is 2. The fourth-order valence-electron chi connectivity index (χ4n) is 10.6. The molecule has 4 nitrogen and oxygen atoms in total. The number of carbonyl (C=O) groups is 1. The summed E-state index contributed by atoms with van der Waals surface area (Å²) in [6, 6.07) is 1.32. The van der Waals surface area contributed by atoms with E-state index in [1.807, 2.05) is 0 Å². The van der Waals surface area contributed by atoms with Gasteiger partial charge in [0.1, 0.15) is 6.10 Å². The molecule has 0 amide bonds. The minimum Gasteiger partial charge on any atom is -0.460 e. The lowest BCUT2D eigenvalue weighted by Gasteiger charge is -2.61. The minimum atomic E-state index is -0.0630. The van der Waals surface area contributed by atoms with Crippen molar-refractivity contribution in [3.05, 3.63) is 0 Å². The van der Waals surface area contributed by atoms with Crippen molar-refractivity contribution in [2.24, 2.45) is 34.5 Å². The van der Waals surface area contributed by atoms with Crippen LogP contribution < -0.4 is 0 Å². The molecule has 0 radical (unpaired) electrons. The fraction of sp³-hybridized carbons (Fsp3) is 0.967. The van der Waals surface area contributed by atoms with Gasteiger partial charge in [-0.25, -0.2) is 0 Å². The molecule has 4 saturated carbocycles. The number of hydrogen-bond acceptors (Lipinski definition) is 4. The second-order valence-corrected chi connectivity index (χ2v) is 13.8. The molecular formula is C30H50N2O2. The Balaban J connectivity index is 1.23. The highest BCUT2D eigenvalue weighted by Crippen LogP contribution is 2.67. The number of rotatable bonds is 3. The quantitative estimate of drug-likeness (QED) is 0.482. The minimum absolute atomic E-state index is 0.0630. The van der Waals surface area contributed by atoms with Crippen LogP contribution in [0, 0.1) is 34.5 Å². The van der Waals surface area contributed by atoms with Crippen molar-refractivity contribution in [1.82, 2.24) is 9.80 Å². The first-order chi connectivity index (χ1) is 16.4. The molecule has 6 rings (SSSR count). The maximum absolute atomic E-state index is 12.3. The average Bonchev–Trinajstić information content (AvgIpc) is 3.46. The van der Waals surface area contributed by atoms with Crippen molar-refractivity contribution < 1.29 is 9.53 Å². The molecule has 34 heavy (non-hydrogen) atoms. The predicted octanol–water partition coefficient (Wildman–Crippen LogP) is 5.89. The summed E-state index contributed by atoms with van der Waals surface area (Å²) in [6.07, 6.45) is 18.1. The Bertz CT molecular complexity index is 759. The van der Waals surface area contributed by atoms with E-state index in [0.717, 1.165) is 29.7 Å². The number of likely N-dealkylation sites (tertiary alicyclic amines) is 2. The van der Waals surface area contributed by atoms with Crippen molar-refractivity contribution in [2.75, 3.05) is 26.2 Å². The van der Waals surface area contributed by atoms with Crippen LogP contribution in [0.1, 0.15) is 104 Å². The van der Waals surface area contributed by atoms with Crippen LogP contribution >= 0.6 is 0 Å². The second kappa shape index (κ2) is 9.05. The molecular weight excluding hydrogens is 420 g/mol. The number of hydrogen-bond donors (Lipinski definition) is 0. The van der Waals surface area contributed by atoms with E-state index < -0.39 is 0 Å². The zero-order valence-electron chi connectivity index (χ0n) is 22.3. The van der Waals surface area contributed by atoms with Gasteiger partial charge in [-0.1, -0.05) is 20.3 Å². The van der Waals surface area contributed by atoms with Crippen molar-refractivity contribution in [1.29, 1.82) is 0 Å². The van der Waals surface area contributed by atoms with Crippen LogP contribution in [0.15, 0.2) is 0 Å². The Kier molecular flexibility index (Phi) is 6.33. The van der Waals surface area contributed by atoms with E-state index in [1.54, 1.807) is 6.92 Å². The topological polar surface area (TPSA) is 32.8 Å². The van der Waals surface area contributed by atoms with Gasteiger partial charge in [0, 0.05) is 24.4 Å². The van der Waals surface area contributed by atoms with Gasteiger partial charge in [-0.3, -0.25) is 9.69 Å². The van der Waals surface area contributed by atoms with Gasteiger partial charge in [-0.15, -0.1) is 0 Å². The smallest absolute Gasteiger partial charge is 0.302 e. The van der Waals surface area contributed by atoms with Gasteiger partial charge < -0.3 is 9.64 Å². The molecule has 0 bridgehead atoms. The monoisotopic (exact) mass is 470 g/mol. The van der Waals surface area contributed by atoms with Gasteiger partial charge in [-0.05, 0) is 132 Å². The van der Waals surface area contributed by atoms with Crippen LogP contribution in [0.2, 0.25) is 0 Å². The molecule has 2 aliphatic heterocycles. The summed E-state index contributed by atoms with van der Waals surface area (Å²) < 4.78 is 6.25. The van der Waals surface area contributed by atoms with Crippen molar-refractivity contribution in [3.8, 4) is 0 Å². The fourth-order valence-corrected chi connectivity index (χ4v) is 10.6. The van der Waals surface area contributed by atoms with E-state index >= 15 is 0 Å². The maximum atomic E-state index is 12.3. The summed E-state index contributed by atoms with van der Waals surface area (Å²) in [5.41, 5.74) is 0.714. The summed E-state index contributed by atoms with van der Waals surface area (Å²) in [5, 5.41) is 0.